The van der Waals surface area contributed by atoms with Crippen molar-refractivity contribution in [3.63, 3.8) is 0 Å². The molecular weight excluding hydrogens is 228 g/mol. The Morgan fingerprint density at radius 2 is 2.24 bits per heavy atom. The van der Waals surface area contributed by atoms with Crippen LogP contribution < -0.4 is 5.73 Å². The van der Waals surface area contributed by atoms with E-state index >= 15 is 0 Å². The van der Waals surface area contributed by atoms with Gasteiger partial charge in [0.05, 0.1) is 0 Å². The number of nitrogens with zero attached hydrogens (tertiary/aromatic N) is 1. The van der Waals surface area contributed by atoms with Crippen molar-refractivity contribution in [3.8, 4) is 0 Å². The van der Waals surface area contributed by atoms with Crippen molar-refractivity contribution in [2.24, 2.45) is 11.7 Å². The van der Waals surface area contributed by atoms with Gasteiger partial charge in [-0.3, -0.25) is 4.90 Å². The van der Waals surface area contributed by atoms with Crippen molar-refractivity contribution in [3.05, 3.63) is 21.9 Å². The highest BCUT2D eigenvalue weighted by molar-refractivity contribution is 7.10. The van der Waals surface area contributed by atoms with Gasteiger partial charge >= 0.3 is 0 Å². The lowest BCUT2D eigenvalue weighted by Gasteiger charge is -2.37. The first-order chi connectivity index (χ1) is 8.38. The smallest absolute Gasteiger partial charge is 0.0250 e. The third-order valence-corrected chi connectivity index (χ3v) is 5.51. The molecule has 0 radical (unpaired) electrons. The molecule has 1 fully saturated rings. The standard InChI is InChI=1S/C14H22N2S/c15-9-13(11-3-1-2-4-11)16-7-5-14-12(10-16)6-8-17-14/h6,8,11,13H,1-5,7,9-10,15H2. The van der Waals surface area contributed by atoms with E-state index in [-0.39, 0.29) is 0 Å². The molecule has 0 bridgehead atoms. The first-order valence-electron chi connectivity index (χ1n) is 6.88. The molecule has 1 unspecified atom stereocenters. The van der Waals surface area contributed by atoms with Crippen LogP contribution >= 0.6 is 11.3 Å². The SMILES string of the molecule is NCC(C1CCCC1)N1CCc2sccc2C1. The van der Waals surface area contributed by atoms with E-state index in [1.165, 1.54) is 38.6 Å². The zero-order valence-electron chi connectivity index (χ0n) is 10.4. The Morgan fingerprint density at radius 3 is 3.00 bits per heavy atom. The van der Waals surface area contributed by atoms with Gasteiger partial charge in [0.15, 0.2) is 0 Å². The highest BCUT2D eigenvalue weighted by Crippen LogP contribution is 2.33. The second-order valence-corrected chi connectivity index (χ2v) is 6.44. The van der Waals surface area contributed by atoms with Gasteiger partial charge in [-0.15, -0.1) is 11.3 Å². The first-order valence-corrected chi connectivity index (χ1v) is 7.76. The summed E-state index contributed by atoms with van der Waals surface area (Å²) in [4.78, 5) is 4.24. The van der Waals surface area contributed by atoms with Gasteiger partial charge < -0.3 is 5.73 Å². The van der Waals surface area contributed by atoms with E-state index < -0.39 is 0 Å². The van der Waals surface area contributed by atoms with Crippen molar-refractivity contribution in [2.45, 2.75) is 44.7 Å². The van der Waals surface area contributed by atoms with Crippen LogP contribution in [0.5, 0.6) is 0 Å². The molecular formula is C14H22N2S. The summed E-state index contributed by atoms with van der Waals surface area (Å²) in [5.41, 5.74) is 7.59. The van der Waals surface area contributed by atoms with E-state index in [9.17, 15) is 0 Å². The van der Waals surface area contributed by atoms with Gasteiger partial charge in [-0.25, -0.2) is 0 Å². The van der Waals surface area contributed by atoms with E-state index in [0.717, 1.165) is 19.0 Å². The van der Waals surface area contributed by atoms with Crippen LogP contribution in [-0.4, -0.2) is 24.0 Å². The molecule has 1 saturated carbocycles. The lowest BCUT2D eigenvalue weighted by molar-refractivity contribution is 0.133. The molecule has 1 aliphatic carbocycles. The fourth-order valence-electron chi connectivity index (χ4n) is 3.54. The molecule has 3 heteroatoms. The van der Waals surface area contributed by atoms with Crippen LogP contribution in [0.3, 0.4) is 0 Å². The van der Waals surface area contributed by atoms with Gasteiger partial charge in [0, 0.05) is 30.6 Å². The highest BCUT2D eigenvalue weighted by atomic mass is 32.1. The van der Waals surface area contributed by atoms with Crippen molar-refractivity contribution in [2.75, 3.05) is 13.1 Å². The predicted octanol–water partition coefficient (Wildman–Crippen LogP) is 2.62. The Bertz CT molecular complexity index is 368. The molecule has 94 valence electrons. The third-order valence-electron chi connectivity index (χ3n) is 4.49. The normalized spacial score (nSPS) is 23.8. The first kappa shape index (κ1) is 11.7. The quantitative estimate of drug-likeness (QED) is 0.893. The zero-order chi connectivity index (χ0) is 11.7. The topological polar surface area (TPSA) is 29.3 Å². The maximum Gasteiger partial charge on any atom is 0.0250 e. The summed E-state index contributed by atoms with van der Waals surface area (Å²) in [6.07, 6.45) is 6.86. The van der Waals surface area contributed by atoms with Crippen molar-refractivity contribution in [1.82, 2.24) is 4.90 Å². The summed E-state index contributed by atoms with van der Waals surface area (Å²) >= 11 is 1.92. The van der Waals surface area contributed by atoms with E-state index in [4.69, 9.17) is 5.73 Å². The average Bonchev–Trinajstić information content (AvgIpc) is 2.99. The average molecular weight is 250 g/mol. The Kier molecular flexibility index (Phi) is 3.50. The molecule has 1 atom stereocenters. The number of nitrogens with two attached hydrogens (primary N) is 1. The van der Waals surface area contributed by atoms with Crippen LogP contribution in [0.25, 0.3) is 0 Å². The van der Waals surface area contributed by atoms with Crippen LogP contribution in [0.15, 0.2) is 11.4 Å². The largest absolute Gasteiger partial charge is 0.329 e. The summed E-state index contributed by atoms with van der Waals surface area (Å²) in [6, 6.07) is 2.93. The molecule has 1 aromatic heterocycles. The lowest BCUT2D eigenvalue weighted by atomic mass is 9.94. The third kappa shape index (κ3) is 2.28. The molecule has 17 heavy (non-hydrogen) atoms. The Hall–Kier alpha value is -0.380. The summed E-state index contributed by atoms with van der Waals surface area (Å²) in [5.74, 6) is 0.861. The molecule has 2 heterocycles. The molecule has 2 aliphatic rings. The molecule has 0 aromatic carbocycles. The van der Waals surface area contributed by atoms with Gasteiger partial charge in [0.1, 0.15) is 0 Å². The number of thiophene rings is 1. The molecule has 0 saturated heterocycles. The van der Waals surface area contributed by atoms with Crippen LogP contribution in [0.1, 0.15) is 36.1 Å². The van der Waals surface area contributed by atoms with Gasteiger partial charge in [-0.05, 0) is 42.2 Å². The summed E-state index contributed by atoms with van der Waals surface area (Å²) < 4.78 is 0. The monoisotopic (exact) mass is 250 g/mol. The summed E-state index contributed by atoms with van der Waals surface area (Å²) in [5, 5.41) is 2.24. The Balaban J connectivity index is 1.71. The maximum atomic E-state index is 6.04. The van der Waals surface area contributed by atoms with Crippen LogP contribution in [0, 0.1) is 5.92 Å². The zero-order valence-corrected chi connectivity index (χ0v) is 11.2. The number of rotatable bonds is 3. The molecule has 1 aromatic rings. The van der Waals surface area contributed by atoms with Crippen LogP contribution in [0.2, 0.25) is 0 Å². The second kappa shape index (κ2) is 5.09. The fourth-order valence-corrected chi connectivity index (χ4v) is 4.42. The van der Waals surface area contributed by atoms with E-state index in [1.54, 1.807) is 10.4 Å². The molecule has 0 spiro atoms. The minimum atomic E-state index is 0.630. The molecule has 0 amide bonds. The molecule has 3 rings (SSSR count). The minimum Gasteiger partial charge on any atom is -0.329 e. The molecule has 2 nitrogen and oxygen atoms in total. The second-order valence-electron chi connectivity index (χ2n) is 5.44. The molecule has 2 N–H and O–H groups in total. The highest BCUT2D eigenvalue weighted by Gasteiger charge is 2.30. The number of hydrogen-bond acceptors (Lipinski definition) is 3. The summed E-state index contributed by atoms with van der Waals surface area (Å²) in [6.45, 7) is 3.19. The van der Waals surface area contributed by atoms with E-state index in [2.05, 4.69) is 16.3 Å². The van der Waals surface area contributed by atoms with Crippen molar-refractivity contribution < 1.29 is 0 Å². The lowest BCUT2D eigenvalue weighted by Crippen LogP contribution is -2.46. The minimum absolute atomic E-state index is 0.630. The van der Waals surface area contributed by atoms with Crippen LogP contribution in [0.4, 0.5) is 0 Å². The van der Waals surface area contributed by atoms with Crippen molar-refractivity contribution >= 4 is 11.3 Å². The van der Waals surface area contributed by atoms with Gasteiger partial charge in [0.2, 0.25) is 0 Å². The predicted molar refractivity (Wildman–Crippen MR) is 73.2 cm³/mol. The Labute approximate surface area is 108 Å². The van der Waals surface area contributed by atoms with Gasteiger partial charge in [-0.2, -0.15) is 0 Å². The van der Waals surface area contributed by atoms with E-state index in [0.29, 0.717) is 6.04 Å². The maximum absolute atomic E-state index is 6.04. The van der Waals surface area contributed by atoms with E-state index in [1.807, 2.05) is 11.3 Å². The fraction of sp³-hybridized carbons (Fsp3) is 0.714. The van der Waals surface area contributed by atoms with Crippen molar-refractivity contribution in [1.29, 1.82) is 0 Å². The summed E-state index contributed by atoms with van der Waals surface area (Å²) in [7, 11) is 0. The number of fused-ring (bicyclic) bond motifs is 1. The van der Waals surface area contributed by atoms with Crippen LogP contribution in [-0.2, 0) is 13.0 Å². The Morgan fingerprint density at radius 1 is 1.41 bits per heavy atom. The number of hydrogen-bond donors (Lipinski definition) is 1. The van der Waals surface area contributed by atoms with Gasteiger partial charge in [0.25, 0.3) is 0 Å². The molecule has 1 aliphatic heterocycles. The van der Waals surface area contributed by atoms with Gasteiger partial charge in [-0.1, -0.05) is 12.8 Å².